The van der Waals surface area contributed by atoms with Gasteiger partial charge in [0.15, 0.2) is 0 Å². The molecule has 6 heteroatoms. The summed E-state index contributed by atoms with van der Waals surface area (Å²) < 4.78 is 31.1. The van der Waals surface area contributed by atoms with Gasteiger partial charge in [-0.2, -0.15) is 4.72 Å². The minimum absolute atomic E-state index is 0.140. The topological polar surface area (TPSA) is 72.5 Å². The number of ether oxygens (including phenoxy) is 1. The summed E-state index contributed by atoms with van der Waals surface area (Å²) >= 11 is 0. The number of sulfonamides is 1. The maximum absolute atomic E-state index is 12.0. The Labute approximate surface area is 114 Å². The summed E-state index contributed by atoms with van der Waals surface area (Å²) in [7, 11) is -3.70. The van der Waals surface area contributed by atoms with E-state index < -0.39 is 22.0 Å². The quantitative estimate of drug-likeness (QED) is 0.804. The highest BCUT2D eigenvalue weighted by atomic mass is 32.2. The van der Waals surface area contributed by atoms with E-state index in [9.17, 15) is 13.2 Å². The molecule has 1 atom stereocenters. The number of aryl methyl sites for hydroxylation is 1. The molecule has 0 spiro atoms. The molecule has 19 heavy (non-hydrogen) atoms. The van der Waals surface area contributed by atoms with Crippen LogP contribution in [0.25, 0.3) is 0 Å². The summed E-state index contributed by atoms with van der Waals surface area (Å²) in [6, 6.07) is 5.65. The van der Waals surface area contributed by atoms with Crippen LogP contribution in [0.4, 0.5) is 0 Å². The minimum atomic E-state index is -3.70. The number of esters is 1. The largest absolute Gasteiger partial charge is 0.465 e. The molecule has 1 aromatic carbocycles. The second kappa shape index (κ2) is 6.68. The average molecular weight is 285 g/mol. The second-order valence-electron chi connectivity index (χ2n) is 4.09. The van der Waals surface area contributed by atoms with Crippen LogP contribution in [-0.4, -0.2) is 27.0 Å². The number of rotatable bonds is 6. The van der Waals surface area contributed by atoms with Gasteiger partial charge in [0, 0.05) is 0 Å². The number of benzene rings is 1. The smallest absolute Gasteiger partial charge is 0.323 e. The fourth-order valence-corrected chi connectivity index (χ4v) is 2.71. The standard InChI is InChI=1S/C13H19NO4S/c1-4-11-6-8-12(9-7-11)19(16,17)14-10(3)13(15)18-5-2/h6-10,14H,4-5H2,1-3H3. The number of hydrogen-bond donors (Lipinski definition) is 1. The number of hydrogen-bond acceptors (Lipinski definition) is 4. The molecule has 1 aromatic rings. The van der Waals surface area contributed by atoms with Crippen molar-refractivity contribution in [3.63, 3.8) is 0 Å². The molecule has 0 amide bonds. The predicted molar refractivity (Wildman–Crippen MR) is 72.2 cm³/mol. The molecule has 0 bridgehead atoms. The van der Waals surface area contributed by atoms with Crippen molar-refractivity contribution in [1.29, 1.82) is 0 Å². The van der Waals surface area contributed by atoms with E-state index in [-0.39, 0.29) is 11.5 Å². The van der Waals surface area contributed by atoms with Crippen LogP contribution in [0.2, 0.25) is 0 Å². The van der Waals surface area contributed by atoms with Crippen molar-refractivity contribution in [2.45, 2.75) is 38.1 Å². The fraction of sp³-hybridized carbons (Fsp3) is 0.462. The third kappa shape index (κ3) is 4.33. The van der Waals surface area contributed by atoms with E-state index in [1.807, 2.05) is 6.92 Å². The Bertz CT molecular complexity index is 522. The third-order valence-corrected chi connectivity index (χ3v) is 4.17. The molecule has 0 aliphatic heterocycles. The molecule has 0 aliphatic rings. The zero-order chi connectivity index (χ0) is 14.5. The van der Waals surface area contributed by atoms with Crippen molar-refractivity contribution in [3.05, 3.63) is 29.8 Å². The van der Waals surface area contributed by atoms with E-state index >= 15 is 0 Å². The highest BCUT2D eigenvalue weighted by molar-refractivity contribution is 7.89. The molecular formula is C13H19NO4S. The number of carbonyl (C=O) groups is 1. The molecule has 5 nitrogen and oxygen atoms in total. The summed E-state index contributed by atoms with van der Waals surface area (Å²) in [6.07, 6.45) is 0.840. The predicted octanol–water partition coefficient (Wildman–Crippen LogP) is 1.48. The monoisotopic (exact) mass is 285 g/mol. The Hall–Kier alpha value is -1.40. The van der Waals surface area contributed by atoms with E-state index in [2.05, 4.69) is 4.72 Å². The van der Waals surface area contributed by atoms with Gasteiger partial charge < -0.3 is 4.74 Å². The Balaban J connectivity index is 2.82. The van der Waals surface area contributed by atoms with Crippen molar-refractivity contribution in [1.82, 2.24) is 4.72 Å². The van der Waals surface area contributed by atoms with E-state index in [4.69, 9.17) is 4.74 Å². The van der Waals surface area contributed by atoms with Gasteiger partial charge in [-0.05, 0) is 38.0 Å². The normalized spacial score (nSPS) is 13.0. The first-order chi connectivity index (χ1) is 8.90. The molecule has 1 N–H and O–H groups in total. The lowest BCUT2D eigenvalue weighted by molar-refractivity contribution is -0.144. The summed E-state index contributed by atoms with van der Waals surface area (Å²) in [5.74, 6) is -0.587. The molecular weight excluding hydrogens is 266 g/mol. The SMILES string of the molecule is CCOC(=O)C(C)NS(=O)(=O)c1ccc(CC)cc1. The van der Waals surface area contributed by atoms with Crippen molar-refractivity contribution < 1.29 is 17.9 Å². The highest BCUT2D eigenvalue weighted by Gasteiger charge is 2.22. The zero-order valence-electron chi connectivity index (χ0n) is 11.3. The van der Waals surface area contributed by atoms with Gasteiger partial charge in [0.1, 0.15) is 6.04 Å². The Morgan fingerprint density at radius 1 is 1.26 bits per heavy atom. The van der Waals surface area contributed by atoms with Gasteiger partial charge in [-0.25, -0.2) is 8.42 Å². The van der Waals surface area contributed by atoms with Crippen LogP contribution in [0.1, 0.15) is 26.3 Å². The van der Waals surface area contributed by atoms with Gasteiger partial charge in [-0.1, -0.05) is 19.1 Å². The van der Waals surface area contributed by atoms with Crippen molar-refractivity contribution in [2.24, 2.45) is 0 Å². The van der Waals surface area contributed by atoms with E-state index in [0.717, 1.165) is 12.0 Å². The number of nitrogens with one attached hydrogen (secondary N) is 1. The highest BCUT2D eigenvalue weighted by Crippen LogP contribution is 2.11. The first-order valence-electron chi connectivity index (χ1n) is 6.18. The van der Waals surface area contributed by atoms with Gasteiger partial charge in [-0.15, -0.1) is 0 Å². The number of carbonyl (C=O) groups excluding carboxylic acids is 1. The van der Waals surface area contributed by atoms with Crippen LogP contribution >= 0.6 is 0 Å². The molecule has 0 fully saturated rings. The lowest BCUT2D eigenvalue weighted by Crippen LogP contribution is -2.39. The summed E-state index contributed by atoms with van der Waals surface area (Å²) in [5, 5.41) is 0. The molecule has 0 aromatic heterocycles. The molecule has 106 valence electrons. The van der Waals surface area contributed by atoms with Crippen molar-refractivity contribution in [2.75, 3.05) is 6.61 Å². The van der Waals surface area contributed by atoms with Gasteiger partial charge in [0.05, 0.1) is 11.5 Å². The van der Waals surface area contributed by atoms with Gasteiger partial charge in [0.2, 0.25) is 10.0 Å². The van der Waals surface area contributed by atoms with Crippen LogP contribution in [0.15, 0.2) is 29.2 Å². The molecule has 0 radical (unpaired) electrons. The van der Waals surface area contributed by atoms with Crippen LogP contribution in [0, 0.1) is 0 Å². The molecule has 0 heterocycles. The van der Waals surface area contributed by atoms with Gasteiger partial charge in [0.25, 0.3) is 0 Å². The van der Waals surface area contributed by atoms with Crippen LogP contribution in [-0.2, 0) is 26.0 Å². The summed E-state index contributed by atoms with van der Waals surface area (Å²) in [6.45, 7) is 5.33. The lowest BCUT2D eigenvalue weighted by Gasteiger charge is -2.13. The summed E-state index contributed by atoms with van der Waals surface area (Å²) in [5.41, 5.74) is 1.05. The molecule has 0 saturated heterocycles. The average Bonchev–Trinajstić information content (AvgIpc) is 2.38. The molecule has 0 saturated carbocycles. The minimum Gasteiger partial charge on any atom is -0.465 e. The third-order valence-electron chi connectivity index (χ3n) is 2.61. The Morgan fingerprint density at radius 3 is 2.32 bits per heavy atom. The van der Waals surface area contributed by atoms with Crippen LogP contribution in [0.3, 0.4) is 0 Å². The fourth-order valence-electron chi connectivity index (χ4n) is 1.52. The first-order valence-corrected chi connectivity index (χ1v) is 7.67. The maximum atomic E-state index is 12.0. The summed E-state index contributed by atoms with van der Waals surface area (Å²) in [4.78, 5) is 11.5. The zero-order valence-corrected chi connectivity index (χ0v) is 12.2. The Kier molecular flexibility index (Phi) is 5.50. The van der Waals surface area contributed by atoms with Gasteiger partial charge >= 0.3 is 5.97 Å². The van der Waals surface area contributed by atoms with Crippen LogP contribution < -0.4 is 4.72 Å². The molecule has 0 aliphatic carbocycles. The van der Waals surface area contributed by atoms with Crippen molar-refractivity contribution in [3.8, 4) is 0 Å². The Morgan fingerprint density at radius 2 is 1.84 bits per heavy atom. The van der Waals surface area contributed by atoms with Crippen LogP contribution in [0.5, 0.6) is 0 Å². The molecule has 1 rings (SSSR count). The first kappa shape index (κ1) is 15.7. The van der Waals surface area contributed by atoms with Crippen molar-refractivity contribution >= 4 is 16.0 Å². The second-order valence-corrected chi connectivity index (χ2v) is 5.81. The van der Waals surface area contributed by atoms with E-state index in [0.29, 0.717) is 0 Å². The van der Waals surface area contributed by atoms with E-state index in [1.54, 1.807) is 19.1 Å². The molecule has 1 unspecified atom stereocenters. The van der Waals surface area contributed by atoms with Gasteiger partial charge in [-0.3, -0.25) is 4.79 Å². The van der Waals surface area contributed by atoms with E-state index in [1.165, 1.54) is 19.1 Å². The lowest BCUT2D eigenvalue weighted by atomic mass is 10.2. The maximum Gasteiger partial charge on any atom is 0.323 e.